The summed E-state index contributed by atoms with van der Waals surface area (Å²) in [5, 5.41) is 4.10. The Hall–Kier alpha value is -2.67. The molecule has 0 aliphatic carbocycles. The lowest BCUT2D eigenvalue weighted by atomic mass is 10.2. The second kappa shape index (κ2) is 7.48. The van der Waals surface area contributed by atoms with Gasteiger partial charge in [0.25, 0.3) is 5.89 Å². The summed E-state index contributed by atoms with van der Waals surface area (Å²) < 4.78 is 5.45. The quantitative estimate of drug-likeness (QED) is 0.736. The highest BCUT2D eigenvalue weighted by molar-refractivity contribution is 5.58. The third-order valence-electron chi connectivity index (χ3n) is 3.78. The molecule has 7 heteroatoms. The maximum Gasteiger partial charge on any atom is 0.276 e. The fourth-order valence-electron chi connectivity index (χ4n) is 2.62. The van der Waals surface area contributed by atoms with E-state index in [-0.39, 0.29) is 0 Å². The highest BCUT2D eigenvalue weighted by atomic mass is 16.5. The fraction of sp³-hybridized carbons (Fsp3) is 0.389. The Labute approximate surface area is 146 Å². The zero-order chi connectivity index (χ0) is 17.8. The standard InChI is InChI=1S/C18H22N6O/c1-4-14-10-15(22-16(21-14)6-5-7-19)18-23-17(24-25-18)13-8-11(2)20-12(3)9-13/h8-10H,4-7,19H2,1-3H3. The summed E-state index contributed by atoms with van der Waals surface area (Å²) in [5.74, 6) is 1.69. The van der Waals surface area contributed by atoms with Gasteiger partial charge in [0, 0.05) is 29.1 Å². The predicted octanol–water partition coefficient (Wildman–Crippen LogP) is 2.66. The van der Waals surface area contributed by atoms with E-state index in [1.807, 2.05) is 32.0 Å². The number of hydrogen-bond donors (Lipinski definition) is 1. The lowest BCUT2D eigenvalue weighted by molar-refractivity contribution is 0.430. The molecule has 0 aliphatic rings. The summed E-state index contributed by atoms with van der Waals surface area (Å²) in [7, 11) is 0. The van der Waals surface area contributed by atoms with E-state index in [2.05, 4.69) is 32.0 Å². The Bertz CT molecular complexity index is 854. The molecule has 0 aromatic carbocycles. The van der Waals surface area contributed by atoms with Crippen molar-refractivity contribution in [3.8, 4) is 23.0 Å². The Morgan fingerprint density at radius 1 is 1.00 bits per heavy atom. The van der Waals surface area contributed by atoms with E-state index >= 15 is 0 Å². The highest BCUT2D eigenvalue weighted by Gasteiger charge is 2.15. The molecule has 2 N–H and O–H groups in total. The van der Waals surface area contributed by atoms with Gasteiger partial charge in [-0.2, -0.15) is 4.98 Å². The molecular weight excluding hydrogens is 316 g/mol. The van der Waals surface area contributed by atoms with Crippen LogP contribution in [0.3, 0.4) is 0 Å². The third kappa shape index (κ3) is 4.06. The summed E-state index contributed by atoms with van der Waals surface area (Å²) in [6.45, 7) is 6.55. The van der Waals surface area contributed by atoms with Crippen LogP contribution in [0.5, 0.6) is 0 Å². The molecule has 3 rings (SSSR count). The molecule has 3 aromatic rings. The van der Waals surface area contributed by atoms with Crippen molar-refractivity contribution in [2.24, 2.45) is 5.73 Å². The molecule has 0 unspecified atom stereocenters. The van der Waals surface area contributed by atoms with Gasteiger partial charge in [-0.1, -0.05) is 12.1 Å². The monoisotopic (exact) mass is 338 g/mol. The van der Waals surface area contributed by atoms with Crippen LogP contribution in [0.15, 0.2) is 22.7 Å². The molecule has 0 radical (unpaired) electrons. The largest absolute Gasteiger partial charge is 0.332 e. The van der Waals surface area contributed by atoms with Crippen LogP contribution in [0.25, 0.3) is 23.0 Å². The first-order valence-electron chi connectivity index (χ1n) is 8.45. The average molecular weight is 338 g/mol. The molecule has 0 bridgehead atoms. The Morgan fingerprint density at radius 3 is 2.44 bits per heavy atom. The summed E-state index contributed by atoms with van der Waals surface area (Å²) in [6, 6.07) is 5.77. The number of aryl methyl sites for hydroxylation is 4. The Morgan fingerprint density at radius 2 is 1.76 bits per heavy atom. The number of hydrogen-bond acceptors (Lipinski definition) is 7. The third-order valence-corrected chi connectivity index (χ3v) is 3.78. The molecule has 130 valence electrons. The molecule has 0 saturated carbocycles. The van der Waals surface area contributed by atoms with Crippen LogP contribution in [-0.4, -0.2) is 31.6 Å². The van der Waals surface area contributed by atoms with E-state index in [9.17, 15) is 0 Å². The SMILES string of the molecule is CCc1cc(-c2nc(-c3cc(C)nc(C)c3)no2)nc(CCCN)n1. The number of aromatic nitrogens is 5. The van der Waals surface area contributed by atoms with Crippen LogP contribution in [0.1, 0.15) is 36.3 Å². The van der Waals surface area contributed by atoms with Crippen molar-refractivity contribution in [1.29, 1.82) is 0 Å². The average Bonchev–Trinajstić information content (AvgIpc) is 3.09. The summed E-state index contributed by atoms with van der Waals surface area (Å²) in [4.78, 5) is 18.0. The molecular formula is C18H22N6O. The second-order valence-corrected chi connectivity index (χ2v) is 5.97. The number of pyridine rings is 1. The number of rotatable bonds is 6. The van der Waals surface area contributed by atoms with Crippen LogP contribution in [-0.2, 0) is 12.8 Å². The summed E-state index contributed by atoms with van der Waals surface area (Å²) in [5.41, 5.74) is 9.91. The molecule has 7 nitrogen and oxygen atoms in total. The van der Waals surface area contributed by atoms with Crippen molar-refractivity contribution >= 4 is 0 Å². The van der Waals surface area contributed by atoms with Crippen molar-refractivity contribution in [3.05, 3.63) is 41.1 Å². The van der Waals surface area contributed by atoms with Crippen LogP contribution in [0.4, 0.5) is 0 Å². The normalized spacial score (nSPS) is 11.0. The molecule has 0 saturated heterocycles. The zero-order valence-corrected chi connectivity index (χ0v) is 14.8. The van der Waals surface area contributed by atoms with Gasteiger partial charge >= 0.3 is 0 Å². The molecule has 0 fully saturated rings. The van der Waals surface area contributed by atoms with Gasteiger partial charge < -0.3 is 10.3 Å². The van der Waals surface area contributed by atoms with Gasteiger partial charge in [-0.25, -0.2) is 9.97 Å². The topological polar surface area (TPSA) is 104 Å². The van der Waals surface area contributed by atoms with Crippen molar-refractivity contribution in [2.45, 2.75) is 40.0 Å². The van der Waals surface area contributed by atoms with E-state index in [4.69, 9.17) is 10.3 Å². The second-order valence-electron chi connectivity index (χ2n) is 5.97. The summed E-state index contributed by atoms with van der Waals surface area (Å²) >= 11 is 0. The molecule has 0 atom stereocenters. The minimum atomic E-state index is 0.396. The lowest BCUT2D eigenvalue weighted by Crippen LogP contribution is -2.05. The van der Waals surface area contributed by atoms with E-state index < -0.39 is 0 Å². The Balaban J connectivity index is 1.96. The molecule has 25 heavy (non-hydrogen) atoms. The van der Waals surface area contributed by atoms with E-state index in [0.29, 0.717) is 24.0 Å². The first kappa shape index (κ1) is 17.2. The van der Waals surface area contributed by atoms with Gasteiger partial charge in [0.1, 0.15) is 11.5 Å². The smallest absolute Gasteiger partial charge is 0.276 e. The van der Waals surface area contributed by atoms with Crippen molar-refractivity contribution in [2.75, 3.05) is 6.54 Å². The lowest BCUT2D eigenvalue weighted by Gasteiger charge is -2.04. The van der Waals surface area contributed by atoms with E-state index in [1.165, 1.54) is 0 Å². The van der Waals surface area contributed by atoms with Gasteiger partial charge in [-0.15, -0.1) is 0 Å². The van der Waals surface area contributed by atoms with Crippen molar-refractivity contribution in [3.63, 3.8) is 0 Å². The molecule has 0 aliphatic heterocycles. The number of nitrogens with two attached hydrogens (primary N) is 1. The maximum atomic E-state index is 5.59. The molecule has 3 heterocycles. The van der Waals surface area contributed by atoms with Gasteiger partial charge in [-0.3, -0.25) is 4.98 Å². The van der Waals surface area contributed by atoms with Crippen molar-refractivity contribution < 1.29 is 4.52 Å². The van der Waals surface area contributed by atoms with Crippen LogP contribution in [0, 0.1) is 13.8 Å². The first-order chi connectivity index (χ1) is 12.1. The van der Waals surface area contributed by atoms with Crippen LogP contribution in [0.2, 0.25) is 0 Å². The fourth-order valence-corrected chi connectivity index (χ4v) is 2.62. The van der Waals surface area contributed by atoms with Gasteiger partial charge in [0.2, 0.25) is 5.82 Å². The number of nitrogens with zero attached hydrogens (tertiary/aromatic N) is 5. The maximum absolute atomic E-state index is 5.59. The highest BCUT2D eigenvalue weighted by Crippen LogP contribution is 2.22. The minimum Gasteiger partial charge on any atom is -0.332 e. The first-order valence-corrected chi connectivity index (χ1v) is 8.45. The van der Waals surface area contributed by atoms with Crippen molar-refractivity contribution in [1.82, 2.24) is 25.1 Å². The minimum absolute atomic E-state index is 0.396. The van der Waals surface area contributed by atoms with E-state index in [0.717, 1.165) is 47.7 Å². The van der Waals surface area contributed by atoms with Crippen LogP contribution >= 0.6 is 0 Å². The zero-order valence-electron chi connectivity index (χ0n) is 14.8. The molecule has 0 amide bonds. The van der Waals surface area contributed by atoms with E-state index in [1.54, 1.807) is 0 Å². The molecule has 0 spiro atoms. The molecule has 3 aromatic heterocycles. The predicted molar refractivity (Wildman–Crippen MR) is 94.8 cm³/mol. The summed E-state index contributed by atoms with van der Waals surface area (Å²) in [6.07, 6.45) is 2.40. The van der Waals surface area contributed by atoms with Gasteiger partial charge in [-0.05, 0) is 51.4 Å². The van der Waals surface area contributed by atoms with Gasteiger partial charge in [0.05, 0.1) is 0 Å². The van der Waals surface area contributed by atoms with Gasteiger partial charge in [0.15, 0.2) is 0 Å². The van der Waals surface area contributed by atoms with Crippen LogP contribution < -0.4 is 5.73 Å². The Kier molecular flexibility index (Phi) is 5.14.